The summed E-state index contributed by atoms with van der Waals surface area (Å²) in [6.07, 6.45) is 6.60. The molecule has 1 fully saturated rings. The van der Waals surface area contributed by atoms with Crippen LogP contribution < -0.4 is 0 Å². The molecule has 70 valence electrons. The van der Waals surface area contributed by atoms with Crippen LogP contribution in [-0.2, 0) is 0 Å². The molecule has 2 unspecified atom stereocenters. The maximum Gasteiger partial charge on any atom is 0.101 e. The Morgan fingerprint density at radius 2 is 2.00 bits per heavy atom. The number of alkyl halides is 1. The van der Waals surface area contributed by atoms with Gasteiger partial charge in [0.2, 0.25) is 0 Å². The van der Waals surface area contributed by atoms with E-state index < -0.39 is 6.17 Å². The highest BCUT2D eigenvalue weighted by Crippen LogP contribution is 2.29. The van der Waals surface area contributed by atoms with Crippen LogP contribution in [0.1, 0.15) is 46.0 Å². The zero-order chi connectivity index (χ0) is 8.97. The Morgan fingerprint density at radius 1 is 1.33 bits per heavy atom. The van der Waals surface area contributed by atoms with E-state index in [-0.39, 0.29) is 0 Å². The summed E-state index contributed by atoms with van der Waals surface area (Å²) in [6.45, 7) is 4.18. The van der Waals surface area contributed by atoms with Gasteiger partial charge in [-0.3, -0.25) is 0 Å². The Morgan fingerprint density at radius 3 is 2.67 bits per heavy atom. The molecule has 0 heterocycles. The standard InChI is InChI=1S/C11H19F/c1-3-9(2)10-6-4-5-7-11(12)8-10/h3,10-11H,4-8H2,1-2H3/b9-3-. The van der Waals surface area contributed by atoms with E-state index >= 15 is 0 Å². The van der Waals surface area contributed by atoms with Gasteiger partial charge in [0, 0.05) is 0 Å². The van der Waals surface area contributed by atoms with Crippen molar-refractivity contribution in [3.63, 3.8) is 0 Å². The van der Waals surface area contributed by atoms with Gasteiger partial charge in [-0.05, 0) is 39.0 Å². The van der Waals surface area contributed by atoms with Gasteiger partial charge < -0.3 is 0 Å². The minimum atomic E-state index is -0.549. The lowest BCUT2D eigenvalue weighted by Gasteiger charge is -2.15. The normalized spacial score (nSPS) is 33.1. The van der Waals surface area contributed by atoms with Gasteiger partial charge in [-0.25, -0.2) is 4.39 Å². The highest BCUT2D eigenvalue weighted by atomic mass is 19.1. The van der Waals surface area contributed by atoms with Gasteiger partial charge in [0.05, 0.1) is 0 Å². The molecule has 0 bridgehead atoms. The summed E-state index contributed by atoms with van der Waals surface area (Å²) in [5.41, 5.74) is 1.37. The lowest BCUT2D eigenvalue weighted by atomic mass is 9.92. The van der Waals surface area contributed by atoms with E-state index in [4.69, 9.17) is 0 Å². The van der Waals surface area contributed by atoms with Crippen LogP contribution in [0, 0.1) is 5.92 Å². The average Bonchev–Trinajstić information content (AvgIpc) is 2.28. The second-order valence-corrected chi connectivity index (χ2v) is 3.85. The topological polar surface area (TPSA) is 0 Å². The summed E-state index contributed by atoms with van der Waals surface area (Å²) in [6, 6.07) is 0. The minimum absolute atomic E-state index is 0.521. The van der Waals surface area contributed by atoms with Gasteiger partial charge >= 0.3 is 0 Å². The third-order valence-electron chi connectivity index (χ3n) is 2.96. The first-order chi connectivity index (χ1) is 5.74. The largest absolute Gasteiger partial charge is 0.247 e. The quantitative estimate of drug-likeness (QED) is 0.414. The molecule has 12 heavy (non-hydrogen) atoms. The van der Waals surface area contributed by atoms with Crippen LogP contribution in [0.3, 0.4) is 0 Å². The molecule has 1 aliphatic rings. The van der Waals surface area contributed by atoms with Crippen molar-refractivity contribution in [2.75, 3.05) is 0 Å². The molecule has 1 saturated carbocycles. The molecule has 0 amide bonds. The van der Waals surface area contributed by atoms with Gasteiger partial charge in [0.25, 0.3) is 0 Å². The fourth-order valence-electron chi connectivity index (χ4n) is 1.95. The van der Waals surface area contributed by atoms with Crippen LogP contribution >= 0.6 is 0 Å². The van der Waals surface area contributed by atoms with E-state index in [0.717, 1.165) is 19.3 Å². The third kappa shape index (κ3) is 2.62. The Bertz CT molecular complexity index is 160. The van der Waals surface area contributed by atoms with Gasteiger partial charge in [0.15, 0.2) is 0 Å². The smallest absolute Gasteiger partial charge is 0.101 e. The molecular weight excluding hydrogens is 151 g/mol. The summed E-state index contributed by atoms with van der Waals surface area (Å²) in [5, 5.41) is 0. The third-order valence-corrected chi connectivity index (χ3v) is 2.96. The van der Waals surface area contributed by atoms with Crippen LogP contribution in [0.25, 0.3) is 0 Å². The zero-order valence-corrected chi connectivity index (χ0v) is 8.15. The van der Waals surface area contributed by atoms with E-state index in [1.165, 1.54) is 18.4 Å². The van der Waals surface area contributed by atoms with Crippen molar-refractivity contribution in [2.24, 2.45) is 5.92 Å². The molecule has 0 nitrogen and oxygen atoms in total. The summed E-state index contributed by atoms with van der Waals surface area (Å²) >= 11 is 0. The molecule has 0 aromatic rings. The van der Waals surface area contributed by atoms with E-state index in [9.17, 15) is 4.39 Å². The molecule has 0 spiro atoms. The molecule has 0 saturated heterocycles. The van der Waals surface area contributed by atoms with Crippen LogP contribution in [-0.4, -0.2) is 6.17 Å². The predicted octanol–water partition coefficient (Wildman–Crippen LogP) is 3.87. The van der Waals surface area contributed by atoms with Gasteiger partial charge in [-0.15, -0.1) is 0 Å². The van der Waals surface area contributed by atoms with Crippen molar-refractivity contribution in [1.82, 2.24) is 0 Å². The van der Waals surface area contributed by atoms with Crippen molar-refractivity contribution in [3.05, 3.63) is 11.6 Å². The first-order valence-electron chi connectivity index (χ1n) is 5.01. The van der Waals surface area contributed by atoms with Crippen molar-refractivity contribution in [3.8, 4) is 0 Å². The summed E-state index contributed by atoms with van der Waals surface area (Å²) < 4.78 is 13.2. The minimum Gasteiger partial charge on any atom is -0.247 e. The van der Waals surface area contributed by atoms with Crippen LogP contribution in [0.5, 0.6) is 0 Å². The van der Waals surface area contributed by atoms with Crippen molar-refractivity contribution in [2.45, 2.75) is 52.1 Å². The highest BCUT2D eigenvalue weighted by molar-refractivity contribution is 5.02. The van der Waals surface area contributed by atoms with Crippen LogP contribution in [0.15, 0.2) is 11.6 Å². The Labute approximate surface area is 74.9 Å². The fraction of sp³-hybridized carbons (Fsp3) is 0.818. The van der Waals surface area contributed by atoms with Gasteiger partial charge in [-0.2, -0.15) is 0 Å². The van der Waals surface area contributed by atoms with Crippen LogP contribution in [0.4, 0.5) is 4.39 Å². The van der Waals surface area contributed by atoms with Gasteiger partial charge in [-0.1, -0.05) is 24.5 Å². The molecule has 0 aromatic carbocycles. The number of hydrogen-bond donors (Lipinski definition) is 0. The first-order valence-corrected chi connectivity index (χ1v) is 5.01. The summed E-state index contributed by atoms with van der Waals surface area (Å²) in [5.74, 6) is 0.521. The monoisotopic (exact) mass is 170 g/mol. The Kier molecular flexibility index (Phi) is 3.77. The molecule has 0 aromatic heterocycles. The molecular formula is C11H19F. The molecule has 1 rings (SSSR count). The maximum absolute atomic E-state index is 13.2. The maximum atomic E-state index is 13.2. The molecule has 2 atom stereocenters. The summed E-state index contributed by atoms with van der Waals surface area (Å²) in [7, 11) is 0. The lowest BCUT2D eigenvalue weighted by molar-refractivity contribution is 0.280. The van der Waals surface area contributed by atoms with E-state index in [0.29, 0.717) is 5.92 Å². The average molecular weight is 170 g/mol. The van der Waals surface area contributed by atoms with E-state index in [1.807, 2.05) is 6.92 Å². The number of hydrogen-bond acceptors (Lipinski definition) is 0. The second kappa shape index (κ2) is 4.64. The van der Waals surface area contributed by atoms with E-state index in [1.54, 1.807) is 0 Å². The van der Waals surface area contributed by atoms with Crippen molar-refractivity contribution >= 4 is 0 Å². The predicted molar refractivity (Wildman–Crippen MR) is 50.9 cm³/mol. The number of halogens is 1. The Balaban J connectivity index is 2.52. The lowest BCUT2D eigenvalue weighted by Crippen LogP contribution is -2.07. The highest BCUT2D eigenvalue weighted by Gasteiger charge is 2.19. The van der Waals surface area contributed by atoms with Crippen LogP contribution in [0.2, 0.25) is 0 Å². The Hall–Kier alpha value is -0.330. The van der Waals surface area contributed by atoms with Crippen molar-refractivity contribution in [1.29, 1.82) is 0 Å². The molecule has 0 N–H and O–H groups in total. The number of rotatable bonds is 1. The second-order valence-electron chi connectivity index (χ2n) is 3.85. The SMILES string of the molecule is C/C=C(/C)C1CCCCC(F)C1. The zero-order valence-electron chi connectivity index (χ0n) is 8.15. The first kappa shape index (κ1) is 9.76. The molecule has 0 radical (unpaired) electrons. The number of allylic oxidation sites excluding steroid dienone is 2. The molecule has 1 heteroatoms. The molecule has 1 aliphatic carbocycles. The summed E-state index contributed by atoms with van der Waals surface area (Å²) in [4.78, 5) is 0. The van der Waals surface area contributed by atoms with Crippen molar-refractivity contribution < 1.29 is 4.39 Å². The fourth-order valence-corrected chi connectivity index (χ4v) is 1.95. The van der Waals surface area contributed by atoms with Gasteiger partial charge in [0.1, 0.15) is 6.17 Å². The van der Waals surface area contributed by atoms with E-state index in [2.05, 4.69) is 13.0 Å². The molecule has 0 aliphatic heterocycles.